The normalized spacial score (nSPS) is 17.0. The fourth-order valence-corrected chi connectivity index (χ4v) is 1.95. The fourth-order valence-electron chi connectivity index (χ4n) is 0.925. The van der Waals surface area contributed by atoms with Crippen molar-refractivity contribution in [2.75, 3.05) is 6.61 Å². The first kappa shape index (κ1) is 15.8. The van der Waals surface area contributed by atoms with Gasteiger partial charge in [-0.3, -0.25) is 4.79 Å². The van der Waals surface area contributed by atoms with Crippen LogP contribution in [0.15, 0.2) is 0 Å². The first-order valence-electron chi connectivity index (χ1n) is 5.81. The number of rotatable bonds is 5. The molecule has 0 aromatic heterocycles. The van der Waals surface area contributed by atoms with Crippen LogP contribution in [0.25, 0.3) is 0 Å². The summed E-state index contributed by atoms with van der Waals surface area (Å²) in [5, 5.41) is 9.92. The SMILES string of the molecule is CC(=O)[C@@H](C)[C@@H](O)CO[Si](C)(C)C(C)(C)C. The smallest absolute Gasteiger partial charge is 0.192 e. The Balaban J connectivity index is 4.31. The van der Waals surface area contributed by atoms with Gasteiger partial charge in [0.05, 0.1) is 12.7 Å². The maximum atomic E-state index is 11.1. The minimum absolute atomic E-state index is 0.00586. The van der Waals surface area contributed by atoms with Crippen LogP contribution in [0.3, 0.4) is 0 Å². The van der Waals surface area contributed by atoms with Crippen molar-refractivity contribution in [3.8, 4) is 0 Å². The third-order valence-electron chi connectivity index (χ3n) is 3.64. The second-order valence-electron chi connectivity index (χ2n) is 6.04. The third-order valence-corrected chi connectivity index (χ3v) is 8.14. The molecule has 96 valence electrons. The molecule has 0 rings (SSSR count). The lowest BCUT2D eigenvalue weighted by atomic mass is 10.0. The second-order valence-corrected chi connectivity index (χ2v) is 10.8. The maximum absolute atomic E-state index is 11.1. The van der Waals surface area contributed by atoms with E-state index >= 15 is 0 Å². The van der Waals surface area contributed by atoms with Crippen LogP contribution < -0.4 is 0 Å². The summed E-state index contributed by atoms with van der Waals surface area (Å²) >= 11 is 0. The zero-order valence-electron chi connectivity index (χ0n) is 11.6. The summed E-state index contributed by atoms with van der Waals surface area (Å²) < 4.78 is 5.86. The monoisotopic (exact) mass is 246 g/mol. The zero-order valence-corrected chi connectivity index (χ0v) is 12.6. The molecule has 0 heterocycles. The van der Waals surface area contributed by atoms with Gasteiger partial charge in [0.15, 0.2) is 8.32 Å². The Kier molecular flexibility index (Phi) is 5.36. The lowest BCUT2D eigenvalue weighted by molar-refractivity contribution is -0.124. The highest BCUT2D eigenvalue weighted by atomic mass is 28.4. The summed E-state index contributed by atoms with van der Waals surface area (Å²) in [6, 6.07) is 0. The molecule has 0 radical (unpaired) electrons. The van der Waals surface area contributed by atoms with E-state index in [1.807, 2.05) is 0 Å². The van der Waals surface area contributed by atoms with Gasteiger partial charge in [-0.05, 0) is 25.1 Å². The Labute approximate surface area is 100 Å². The Morgan fingerprint density at radius 3 is 2.12 bits per heavy atom. The molecular weight excluding hydrogens is 220 g/mol. The molecule has 0 aliphatic heterocycles. The van der Waals surface area contributed by atoms with E-state index in [9.17, 15) is 9.90 Å². The van der Waals surface area contributed by atoms with E-state index in [0.29, 0.717) is 0 Å². The molecule has 16 heavy (non-hydrogen) atoms. The molecule has 1 N–H and O–H groups in total. The van der Waals surface area contributed by atoms with Crippen molar-refractivity contribution in [1.29, 1.82) is 0 Å². The highest BCUT2D eigenvalue weighted by molar-refractivity contribution is 6.74. The van der Waals surface area contributed by atoms with E-state index in [1.54, 1.807) is 6.92 Å². The van der Waals surface area contributed by atoms with Gasteiger partial charge in [0.2, 0.25) is 0 Å². The summed E-state index contributed by atoms with van der Waals surface area (Å²) in [7, 11) is -1.82. The first-order chi connectivity index (χ1) is 6.99. The Bertz CT molecular complexity index is 243. The van der Waals surface area contributed by atoms with Crippen LogP contribution >= 0.6 is 0 Å². The molecular formula is C12H26O3Si. The van der Waals surface area contributed by atoms with E-state index in [2.05, 4.69) is 33.9 Å². The highest BCUT2D eigenvalue weighted by Crippen LogP contribution is 2.36. The number of carbonyl (C=O) groups is 1. The van der Waals surface area contributed by atoms with Gasteiger partial charge in [-0.25, -0.2) is 0 Å². The van der Waals surface area contributed by atoms with Gasteiger partial charge < -0.3 is 9.53 Å². The molecule has 2 atom stereocenters. The summed E-state index contributed by atoms with van der Waals surface area (Å²) in [6.07, 6.45) is -0.688. The van der Waals surface area contributed by atoms with Crippen LogP contribution in [0, 0.1) is 5.92 Å². The molecule has 0 spiro atoms. The lowest BCUT2D eigenvalue weighted by Gasteiger charge is -2.37. The molecule has 0 bridgehead atoms. The van der Waals surface area contributed by atoms with Crippen molar-refractivity contribution >= 4 is 14.1 Å². The third kappa shape index (κ3) is 4.35. The van der Waals surface area contributed by atoms with Crippen molar-refractivity contribution in [2.45, 2.75) is 58.9 Å². The molecule has 0 amide bonds. The van der Waals surface area contributed by atoms with Crippen molar-refractivity contribution in [2.24, 2.45) is 5.92 Å². The average molecular weight is 246 g/mol. The molecule has 0 aliphatic carbocycles. The Hall–Kier alpha value is -0.193. The molecule has 0 saturated carbocycles. The predicted octanol–water partition coefficient (Wildman–Crippen LogP) is 2.59. The van der Waals surface area contributed by atoms with Gasteiger partial charge in [0.25, 0.3) is 0 Å². The van der Waals surface area contributed by atoms with Gasteiger partial charge in [-0.15, -0.1) is 0 Å². The van der Waals surface area contributed by atoms with Crippen LogP contribution in [0.1, 0.15) is 34.6 Å². The van der Waals surface area contributed by atoms with E-state index in [4.69, 9.17) is 4.43 Å². The highest BCUT2D eigenvalue weighted by Gasteiger charge is 2.37. The van der Waals surface area contributed by atoms with Gasteiger partial charge in [0.1, 0.15) is 5.78 Å². The first-order valence-corrected chi connectivity index (χ1v) is 8.72. The van der Waals surface area contributed by atoms with Gasteiger partial charge >= 0.3 is 0 Å². The molecule has 3 nitrogen and oxygen atoms in total. The average Bonchev–Trinajstić information content (AvgIpc) is 2.11. The lowest BCUT2D eigenvalue weighted by Crippen LogP contribution is -2.44. The van der Waals surface area contributed by atoms with Crippen molar-refractivity contribution in [3.63, 3.8) is 0 Å². The quantitative estimate of drug-likeness (QED) is 0.758. The topological polar surface area (TPSA) is 46.5 Å². The van der Waals surface area contributed by atoms with E-state index in [0.717, 1.165) is 0 Å². The number of carbonyl (C=O) groups excluding carboxylic acids is 1. The van der Waals surface area contributed by atoms with Crippen LogP contribution in [0.5, 0.6) is 0 Å². The summed E-state index contributed by atoms with van der Waals surface area (Å²) in [6.45, 7) is 14.2. The molecule has 0 aromatic carbocycles. The van der Waals surface area contributed by atoms with Gasteiger partial charge in [0, 0.05) is 5.92 Å². The number of hydrogen-bond acceptors (Lipinski definition) is 3. The van der Waals surface area contributed by atoms with E-state index < -0.39 is 14.4 Å². The number of ketones is 1. The minimum Gasteiger partial charge on any atom is -0.414 e. The van der Waals surface area contributed by atoms with Crippen molar-refractivity contribution in [1.82, 2.24) is 0 Å². The summed E-state index contributed by atoms with van der Waals surface area (Å²) in [5.41, 5.74) is 0. The van der Waals surface area contributed by atoms with Crippen molar-refractivity contribution < 1.29 is 14.3 Å². The van der Waals surface area contributed by atoms with Gasteiger partial charge in [-0.2, -0.15) is 0 Å². The number of hydrogen-bond donors (Lipinski definition) is 1. The standard InChI is InChI=1S/C12H26O3Si/c1-9(10(2)13)11(14)8-15-16(6,7)12(3,4)5/h9,11,14H,8H2,1-7H3/t9-,11+/m1/s1. The zero-order chi connectivity index (χ0) is 13.1. The molecule has 0 saturated heterocycles. The number of aliphatic hydroxyl groups excluding tert-OH is 1. The van der Waals surface area contributed by atoms with Crippen LogP contribution in [0.2, 0.25) is 18.1 Å². The van der Waals surface area contributed by atoms with Crippen molar-refractivity contribution in [3.05, 3.63) is 0 Å². The molecule has 0 aliphatic rings. The van der Waals surface area contributed by atoms with E-state index in [-0.39, 0.29) is 23.3 Å². The molecule has 0 aromatic rings. The Morgan fingerprint density at radius 2 is 1.81 bits per heavy atom. The van der Waals surface area contributed by atoms with Crippen LogP contribution in [-0.4, -0.2) is 31.9 Å². The fraction of sp³-hybridized carbons (Fsp3) is 0.917. The number of Topliss-reactive ketones (excluding diaryl/α,β-unsaturated/α-hetero) is 1. The predicted molar refractivity (Wildman–Crippen MR) is 69.0 cm³/mol. The Morgan fingerprint density at radius 1 is 1.38 bits per heavy atom. The van der Waals surface area contributed by atoms with Crippen LogP contribution in [-0.2, 0) is 9.22 Å². The molecule has 0 fully saturated rings. The van der Waals surface area contributed by atoms with Crippen LogP contribution in [0.4, 0.5) is 0 Å². The molecule has 4 heteroatoms. The summed E-state index contributed by atoms with van der Waals surface area (Å²) in [4.78, 5) is 11.1. The molecule has 0 unspecified atom stereocenters. The van der Waals surface area contributed by atoms with E-state index in [1.165, 1.54) is 6.92 Å². The largest absolute Gasteiger partial charge is 0.414 e. The van der Waals surface area contributed by atoms with Gasteiger partial charge in [-0.1, -0.05) is 27.7 Å². The minimum atomic E-state index is -1.82. The number of aliphatic hydroxyl groups is 1. The maximum Gasteiger partial charge on any atom is 0.192 e. The second kappa shape index (κ2) is 5.43. The summed E-state index contributed by atoms with van der Waals surface area (Å²) in [5.74, 6) is -0.337.